The number of fused-ring (bicyclic) bond motifs is 3. The van der Waals surface area contributed by atoms with Gasteiger partial charge in [-0.25, -0.2) is 4.68 Å². The number of benzene rings is 1. The van der Waals surface area contributed by atoms with Crippen molar-refractivity contribution in [1.82, 2.24) is 19.7 Å². The number of amides is 1. The number of hydrogen-bond donors (Lipinski definition) is 1. The highest BCUT2D eigenvalue weighted by molar-refractivity contribution is 6.06. The fourth-order valence-corrected chi connectivity index (χ4v) is 3.58. The van der Waals surface area contributed by atoms with Gasteiger partial charge in [0.25, 0.3) is 5.56 Å². The summed E-state index contributed by atoms with van der Waals surface area (Å²) >= 11 is 0. The molecule has 6 heteroatoms. The van der Waals surface area contributed by atoms with Crippen molar-refractivity contribution >= 4 is 27.7 Å². The van der Waals surface area contributed by atoms with Crippen LogP contribution in [0.2, 0.25) is 0 Å². The number of nitrogens with zero attached hydrogens (tertiary/aromatic N) is 3. The summed E-state index contributed by atoms with van der Waals surface area (Å²) in [7, 11) is 0. The highest BCUT2D eigenvalue weighted by atomic mass is 16.2. The third-order valence-electron chi connectivity index (χ3n) is 4.93. The summed E-state index contributed by atoms with van der Waals surface area (Å²) in [6.07, 6.45) is 4.88. The average Bonchev–Trinajstić information content (AvgIpc) is 2.97. The van der Waals surface area contributed by atoms with Crippen LogP contribution in [0.3, 0.4) is 0 Å². The predicted molar refractivity (Wildman–Crippen MR) is 92.9 cm³/mol. The number of nitrogens with one attached hydrogen (secondary N) is 1. The third-order valence-corrected chi connectivity index (χ3v) is 4.93. The number of likely N-dealkylation sites (tertiary alicyclic amines) is 1. The largest absolute Gasteiger partial charge is 0.350 e. The number of carbonyl (C=O) groups excluding carboxylic acids is 1. The van der Waals surface area contributed by atoms with E-state index in [9.17, 15) is 9.59 Å². The molecule has 1 atom stereocenters. The fourth-order valence-electron chi connectivity index (χ4n) is 3.58. The van der Waals surface area contributed by atoms with E-state index >= 15 is 0 Å². The second kappa shape index (κ2) is 5.78. The molecule has 1 saturated heterocycles. The molecule has 1 aromatic carbocycles. The standard InChI is InChI=1S/C18H20N4O2/c1-12-6-4-5-9-21(12)16(23)11-22-18(24)17-14(10-19-22)13-7-2-3-8-15(13)20-17/h2-3,7-8,10,12,20H,4-6,9,11H2,1H3/t12-/m0/s1. The Morgan fingerprint density at radius 3 is 2.96 bits per heavy atom. The summed E-state index contributed by atoms with van der Waals surface area (Å²) in [5.41, 5.74) is 1.16. The van der Waals surface area contributed by atoms with Gasteiger partial charge in [0, 0.05) is 28.9 Å². The summed E-state index contributed by atoms with van der Waals surface area (Å²) in [6, 6.07) is 7.98. The van der Waals surface area contributed by atoms with Gasteiger partial charge in [-0.1, -0.05) is 18.2 Å². The van der Waals surface area contributed by atoms with Crippen molar-refractivity contribution in [3.63, 3.8) is 0 Å². The van der Waals surface area contributed by atoms with Crippen LogP contribution >= 0.6 is 0 Å². The van der Waals surface area contributed by atoms with E-state index < -0.39 is 0 Å². The summed E-state index contributed by atoms with van der Waals surface area (Å²) in [6.45, 7) is 2.83. The van der Waals surface area contributed by atoms with Crippen LogP contribution in [0.15, 0.2) is 35.3 Å². The monoisotopic (exact) mass is 324 g/mol. The summed E-state index contributed by atoms with van der Waals surface area (Å²) in [5, 5.41) is 5.99. The van der Waals surface area contributed by atoms with E-state index in [2.05, 4.69) is 17.0 Å². The summed E-state index contributed by atoms with van der Waals surface area (Å²) in [5.74, 6) is -0.0349. The van der Waals surface area contributed by atoms with Crippen LogP contribution in [0.25, 0.3) is 21.8 Å². The molecule has 1 fully saturated rings. The predicted octanol–water partition coefficient (Wildman–Crippen LogP) is 2.28. The lowest BCUT2D eigenvalue weighted by Gasteiger charge is -2.33. The minimum Gasteiger partial charge on any atom is -0.350 e. The maximum absolute atomic E-state index is 12.7. The van der Waals surface area contributed by atoms with Gasteiger partial charge in [0.1, 0.15) is 12.1 Å². The van der Waals surface area contributed by atoms with Crippen molar-refractivity contribution in [2.24, 2.45) is 0 Å². The van der Waals surface area contributed by atoms with E-state index in [0.717, 1.165) is 42.1 Å². The minimum absolute atomic E-state index is 0.00548. The lowest BCUT2D eigenvalue weighted by Crippen LogP contribution is -2.45. The van der Waals surface area contributed by atoms with Crippen molar-refractivity contribution < 1.29 is 4.79 Å². The topological polar surface area (TPSA) is 71.0 Å². The third kappa shape index (κ3) is 2.38. The average molecular weight is 324 g/mol. The molecule has 1 aliphatic heterocycles. The first kappa shape index (κ1) is 14.9. The first-order valence-electron chi connectivity index (χ1n) is 8.41. The smallest absolute Gasteiger partial charge is 0.291 e. The maximum Gasteiger partial charge on any atom is 0.291 e. The molecular formula is C18H20N4O2. The molecule has 1 amide bonds. The van der Waals surface area contributed by atoms with Crippen molar-refractivity contribution in [2.45, 2.75) is 38.8 Å². The number of rotatable bonds is 2. The Morgan fingerprint density at radius 1 is 1.29 bits per heavy atom. The fraction of sp³-hybridized carbons (Fsp3) is 0.389. The Kier molecular flexibility index (Phi) is 3.59. The lowest BCUT2D eigenvalue weighted by molar-refractivity contribution is -0.135. The Balaban J connectivity index is 1.70. The molecule has 124 valence electrons. The van der Waals surface area contributed by atoms with Crippen molar-refractivity contribution in [1.29, 1.82) is 0 Å². The minimum atomic E-state index is -0.248. The number of aromatic nitrogens is 3. The van der Waals surface area contributed by atoms with E-state index in [0.29, 0.717) is 5.52 Å². The van der Waals surface area contributed by atoms with Gasteiger partial charge < -0.3 is 9.88 Å². The normalized spacial score (nSPS) is 18.4. The van der Waals surface area contributed by atoms with Crippen molar-refractivity contribution in [2.75, 3.05) is 6.54 Å². The van der Waals surface area contributed by atoms with Gasteiger partial charge in [-0.3, -0.25) is 9.59 Å². The first-order valence-corrected chi connectivity index (χ1v) is 8.41. The van der Waals surface area contributed by atoms with E-state index in [1.807, 2.05) is 29.2 Å². The van der Waals surface area contributed by atoms with Gasteiger partial charge in [-0.05, 0) is 32.3 Å². The number of hydrogen-bond acceptors (Lipinski definition) is 3. The molecular weight excluding hydrogens is 304 g/mol. The first-order chi connectivity index (χ1) is 11.6. The molecule has 0 unspecified atom stereocenters. The van der Waals surface area contributed by atoms with Crippen LogP contribution in [0.4, 0.5) is 0 Å². The molecule has 0 aliphatic carbocycles. The van der Waals surface area contributed by atoms with Crippen LogP contribution in [0, 0.1) is 0 Å². The zero-order valence-corrected chi connectivity index (χ0v) is 13.7. The van der Waals surface area contributed by atoms with Gasteiger partial charge in [-0.2, -0.15) is 5.10 Å². The van der Waals surface area contributed by atoms with E-state index in [-0.39, 0.29) is 24.1 Å². The van der Waals surface area contributed by atoms with Gasteiger partial charge >= 0.3 is 0 Å². The number of H-pyrrole nitrogens is 1. The lowest BCUT2D eigenvalue weighted by atomic mass is 10.0. The van der Waals surface area contributed by atoms with Gasteiger partial charge in [0.15, 0.2) is 0 Å². The molecule has 2 aromatic heterocycles. The van der Waals surface area contributed by atoms with E-state index in [1.165, 1.54) is 4.68 Å². The van der Waals surface area contributed by atoms with Crippen LogP contribution in [-0.2, 0) is 11.3 Å². The quantitative estimate of drug-likeness (QED) is 0.786. The molecule has 1 aliphatic rings. The molecule has 0 saturated carbocycles. The highest BCUT2D eigenvalue weighted by Gasteiger charge is 2.24. The van der Waals surface area contributed by atoms with Crippen LogP contribution in [0.1, 0.15) is 26.2 Å². The number of para-hydroxylation sites is 1. The summed E-state index contributed by atoms with van der Waals surface area (Å²) in [4.78, 5) is 30.3. The molecule has 3 aromatic rings. The van der Waals surface area contributed by atoms with Gasteiger partial charge in [0.2, 0.25) is 5.91 Å². The Morgan fingerprint density at radius 2 is 2.12 bits per heavy atom. The van der Waals surface area contributed by atoms with Gasteiger partial charge in [0.05, 0.1) is 6.20 Å². The van der Waals surface area contributed by atoms with Crippen LogP contribution in [0.5, 0.6) is 0 Å². The van der Waals surface area contributed by atoms with Crippen LogP contribution in [-0.4, -0.2) is 38.2 Å². The van der Waals surface area contributed by atoms with E-state index in [4.69, 9.17) is 0 Å². The number of carbonyl (C=O) groups is 1. The molecule has 0 radical (unpaired) electrons. The van der Waals surface area contributed by atoms with Crippen LogP contribution < -0.4 is 5.56 Å². The van der Waals surface area contributed by atoms with Crippen molar-refractivity contribution in [3.8, 4) is 0 Å². The molecule has 6 nitrogen and oxygen atoms in total. The number of aromatic amines is 1. The maximum atomic E-state index is 12.7. The molecule has 1 N–H and O–H groups in total. The zero-order valence-electron chi connectivity index (χ0n) is 13.7. The van der Waals surface area contributed by atoms with E-state index in [1.54, 1.807) is 6.20 Å². The van der Waals surface area contributed by atoms with Gasteiger partial charge in [-0.15, -0.1) is 0 Å². The zero-order chi connectivity index (χ0) is 16.7. The molecule has 24 heavy (non-hydrogen) atoms. The molecule has 3 heterocycles. The second-order valence-electron chi connectivity index (χ2n) is 6.50. The number of piperidine rings is 1. The molecule has 0 spiro atoms. The Hall–Kier alpha value is -2.63. The highest BCUT2D eigenvalue weighted by Crippen LogP contribution is 2.22. The summed E-state index contributed by atoms with van der Waals surface area (Å²) < 4.78 is 1.27. The second-order valence-corrected chi connectivity index (χ2v) is 6.50. The SMILES string of the molecule is C[C@H]1CCCCN1C(=O)Cn1ncc2c([nH]c3ccccc32)c1=O. The molecule has 0 bridgehead atoms. The molecule has 4 rings (SSSR count). The van der Waals surface area contributed by atoms with Crippen molar-refractivity contribution in [3.05, 3.63) is 40.8 Å². The Labute approximate surface area is 139 Å². The Bertz CT molecular complexity index is 972.